The summed E-state index contributed by atoms with van der Waals surface area (Å²) in [7, 11) is 0. The van der Waals surface area contributed by atoms with Crippen LogP contribution in [0.3, 0.4) is 0 Å². The van der Waals surface area contributed by atoms with E-state index in [2.05, 4.69) is 16.0 Å². The van der Waals surface area contributed by atoms with Crippen LogP contribution in [0.4, 0.5) is 4.79 Å². The molecule has 0 aliphatic rings. The number of ether oxygens (including phenoxy) is 3. The zero-order valence-corrected chi connectivity index (χ0v) is 21.3. The highest BCUT2D eigenvalue weighted by atomic mass is 16.7. The van der Waals surface area contributed by atoms with Crippen LogP contribution < -0.4 is 16.0 Å². The topological polar surface area (TPSA) is 132 Å². The molecule has 10 heteroatoms. The first-order chi connectivity index (χ1) is 16.7. The van der Waals surface area contributed by atoms with E-state index in [9.17, 15) is 19.2 Å². The maximum Gasteiger partial charge on any atom is 0.408 e. The summed E-state index contributed by atoms with van der Waals surface area (Å²) in [4.78, 5) is 50.2. The van der Waals surface area contributed by atoms with E-state index >= 15 is 0 Å². The number of ketones is 1. The van der Waals surface area contributed by atoms with E-state index in [1.54, 1.807) is 20.8 Å². The Hall–Kier alpha value is -2.98. The van der Waals surface area contributed by atoms with Crippen LogP contribution in [0.5, 0.6) is 0 Å². The van der Waals surface area contributed by atoms with Crippen molar-refractivity contribution < 1.29 is 33.4 Å². The number of amides is 3. The van der Waals surface area contributed by atoms with Gasteiger partial charge in [0.25, 0.3) is 5.91 Å². The molecule has 35 heavy (non-hydrogen) atoms. The highest BCUT2D eigenvalue weighted by Crippen LogP contribution is 2.08. The van der Waals surface area contributed by atoms with E-state index in [0.717, 1.165) is 5.56 Å². The summed E-state index contributed by atoms with van der Waals surface area (Å²) in [5.41, 5.74) is 0.811. The third-order valence-corrected chi connectivity index (χ3v) is 4.93. The quantitative estimate of drug-likeness (QED) is 0.238. The zero-order valence-electron chi connectivity index (χ0n) is 21.3. The molecule has 1 rings (SSSR count). The molecule has 0 radical (unpaired) electrons. The van der Waals surface area contributed by atoms with Gasteiger partial charge in [-0.15, -0.1) is 0 Å². The van der Waals surface area contributed by atoms with Gasteiger partial charge in [0.15, 0.2) is 6.29 Å². The Morgan fingerprint density at radius 3 is 2.06 bits per heavy atom. The molecule has 3 N–H and O–H groups in total. The van der Waals surface area contributed by atoms with Gasteiger partial charge in [0.2, 0.25) is 11.7 Å². The molecule has 2 atom stereocenters. The van der Waals surface area contributed by atoms with Crippen LogP contribution in [0.25, 0.3) is 0 Å². The van der Waals surface area contributed by atoms with E-state index in [1.165, 1.54) is 0 Å². The van der Waals surface area contributed by atoms with Crippen LogP contribution >= 0.6 is 0 Å². The first kappa shape index (κ1) is 30.1. The minimum absolute atomic E-state index is 0.00141. The Kier molecular flexibility index (Phi) is 14.3. The third-order valence-electron chi connectivity index (χ3n) is 4.93. The molecule has 0 saturated carbocycles. The molecule has 0 spiro atoms. The number of Topliss-reactive ketones (excluding diaryl/α,β-unsaturated/α-hetero) is 1. The number of nitrogens with one attached hydrogen (secondary N) is 3. The molecule has 0 heterocycles. The first-order valence-electron chi connectivity index (χ1n) is 12.0. The van der Waals surface area contributed by atoms with Crippen molar-refractivity contribution in [2.24, 2.45) is 5.92 Å². The fraction of sp³-hybridized carbons (Fsp3) is 0.600. The summed E-state index contributed by atoms with van der Waals surface area (Å²) < 4.78 is 15.9. The number of rotatable bonds is 16. The summed E-state index contributed by atoms with van der Waals surface area (Å²) in [5.74, 6) is -2.13. The lowest BCUT2D eigenvalue weighted by molar-refractivity contribution is -0.147. The number of hydrogen-bond acceptors (Lipinski definition) is 7. The predicted octanol–water partition coefficient (Wildman–Crippen LogP) is 2.31. The molecule has 0 fully saturated rings. The highest BCUT2D eigenvalue weighted by molar-refractivity contribution is 6.38. The molecule has 0 aliphatic carbocycles. The van der Waals surface area contributed by atoms with Crippen molar-refractivity contribution in [1.82, 2.24) is 16.0 Å². The molecule has 0 saturated heterocycles. The summed E-state index contributed by atoms with van der Waals surface area (Å²) in [5, 5.41) is 7.64. The van der Waals surface area contributed by atoms with Crippen molar-refractivity contribution in [3.8, 4) is 0 Å². The summed E-state index contributed by atoms with van der Waals surface area (Å²) in [6, 6.07) is 7.18. The van der Waals surface area contributed by atoms with Crippen molar-refractivity contribution >= 4 is 23.7 Å². The predicted molar refractivity (Wildman–Crippen MR) is 130 cm³/mol. The van der Waals surface area contributed by atoms with E-state index in [1.807, 2.05) is 44.2 Å². The summed E-state index contributed by atoms with van der Waals surface area (Å²) in [6.07, 6.45) is -0.888. The molecule has 0 aromatic heterocycles. The van der Waals surface area contributed by atoms with Gasteiger partial charge in [0.1, 0.15) is 12.6 Å². The number of carbonyl (C=O) groups is 4. The number of hydrogen-bond donors (Lipinski definition) is 3. The lowest BCUT2D eigenvalue weighted by Gasteiger charge is -2.23. The van der Waals surface area contributed by atoms with Crippen LogP contribution in [0.15, 0.2) is 30.3 Å². The second-order valence-corrected chi connectivity index (χ2v) is 8.27. The van der Waals surface area contributed by atoms with Crippen molar-refractivity contribution in [2.45, 2.75) is 72.4 Å². The zero-order chi connectivity index (χ0) is 26.2. The molecule has 1 unspecified atom stereocenters. The lowest BCUT2D eigenvalue weighted by atomic mass is 10.0. The van der Waals surface area contributed by atoms with Gasteiger partial charge in [0, 0.05) is 13.2 Å². The molecule has 0 bridgehead atoms. The molecule has 1 aromatic rings. The first-order valence-corrected chi connectivity index (χ1v) is 12.0. The van der Waals surface area contributed by atoms with Gasteiger partial charge < -0.3 is 30.2 Å². The molecule has 196 valence electrons. The Labute approximate surface area is 207 Å². The number of benzene rings is 1. The van der Waals surface area contributed by atoms with Crippen LogP contribution in [0, 0.1) is 5.92 Å². The molecular weight excluding hydrogens is 454 g/mol. The number of carbonyl (C=O) groups excluding carboxylic acids is 4. The van der Waals surface area contributed by atoms with E-state index in [4.69, 9.17) is 14.2 Å². The molecular formula is C25H39N3O7. The van der Waals surface area contributed by atoms with Crippen molar-refractivity contribution in [3.63, 3.8) is 0 Å². The molecule has 0 aliphatic heterocycles. The van der Waals surface area contributed by atoms with Gasteiger partial charge in [-0.3, -0.25) is 14.4 Å². The van der Waals surface area contributed by atoms with Crippen LogP contribution in [-0.2, 0) is 35.2 Å². The van der Waals surface area contributed by atoms with Gasteiger partial charge in [-0.1, -0.05) is 51.1 Å². The Morgan fingerprint density at radius 1 is 0.886 bits per heavy atom. The lowest BCUT2D eigenvalue weighted by Crippen LogP contribution is -2.54. The average molecular weight is 494 g/mol. The van der Waals surface area contributed by atoms with E-state index in [-0.39, 0.29) is 25.5 Å². The van der Waals surface area contributed by atoms with Gasteiger partial charge in [-0.05, 0) is 38.2 Å². The Bertz CT molecular complexity index is 796. The minimum Gasteiger partial charge on any atom is -0.445 e. The van der Waals surface area contributed by atoms with E-state index in [0.29, 0.717) is 19.6 Å². The maximum atomic E-state index is 12.9. The Balaban J connectivity index is 2.70. The van der Waals surface area contributed by atoms with Crippen LogP contribution in [0.1, 0.15) is 53.0 Å². The fourth-order valence-corrected chi connectivity index (χ4v) is 3.19. The van der Waals surface area contributed by atoms with E-state index < -0.39 is 42.1 Å². The second kappa shape index (κ2) is 16.6. The smallest absolute Gasteiger partial charge is 0.408 e. The maximum absolute atomic E-state index is 12.9. The van der Waals surface area contributed by atoms with Gasteiger partial charge in [-0.25, -0.2) is 4.79 Å². The standard InChI is InChI=1S/C25H39N3O7/c1-6-19(22(29)24(31)26-15-21(33-7-2)34-8-3)27-23(30)20(14-17(4)5)28-25(32)35-16-18-12-10-9-11-13-18/h9-13,17,19-21H,6-8,14-16H2,1-5H3,(H,26,31)(H,27,30)(H,28,32)/t19?,20-/m0/s1. The van der Waals surface area contributed by atoms with Crippen molar-refractivity contribution in [2.75, 3.05) is 19.8 Å². The van der Waals surface area contributed by atoms with Crippen molar-refractivity contribution in [1.29, 1.82) is 0 Å². The second-order valence-electron chi connectivity index (χ2n) is 8.27. The van der Waals surface area contributed by atoms with Gasteiger partial charge in [0.05, 0.1) is 12.6 Å². The van der Waals surface area contributed by atoms with Crippen LogP contribution in [-0.4, -0.2) is 61.8 Å². The normalized spacial score (nSPS) is 12.7. The fourth-order valence-electron chi connectivity index (χ4n) is 3.19. The van der Waals surface area contributed by atoms with Gasteiger partial charge in [-0.2, -0.15) is 0 Å². The SMILES string of the molecule is CCOC(CNC(=O)C(=O)C(CC)NC(=O)[C@H](CC(C)C)NC(=O)OCc1ccccc1)OCC. The third kappa shape index (κ3) is 11.8. The highest BCUT2D eigenvalue weighted by Gasteiger charge is 2.30. The molecule has 1 aromatic carbocycles. The monoisotopic (exact) mass is 493 g/mol. The molecule has 10 nitrogen and oxygen atoms in total. The van der Waals surface area contributed by atoms with Crippen LogP contribution in [0.2, 0.25) is 0 Å². The summed E-state index contributed by atoms with van der Waals surface area (Å²) in [6.45, 7) is 9.91. The number of alkyl carbamates (subject to hydrolysis) is 1. The minimum atomic E-state index is -1.04. The Morgan fingerprint density at radius 2 is 1.51 bits per heavy atom. The average Bonchev–Trinajstić information content (AvgIpc) is 2.84. The van der Waals surface area contributed by atoms with Crippen molar-refractivity contribution in [3.05, 3.63) is 35.9 Å². The van der Waals surface area contributed by atoms with Gasteiger partial charge >= 0.3 is 6.09 Å². The molecule has 3 amide bonds. The largest absolute Gasteiger partial charge is 0.445 e. The summed E-state index contributed by atoms with van der Waals surface area (Å²) >= 11 is 0.